The van der Waals surface area contributed by atoms with E-state index in [1.54, 1.807) is 7.05 Å². The molecular weight excluding hydrogens is 228 g/mol. The van der Waals surface area contributed by atoms with Crippen LogP contribution in [0.15, 0.2) is 24.3 Å². The van der Waals surface area contributed by atoms with Gasteiger partial charge in [-0.05, 0) is 17.5 Å². The Hall–Kier alpha value is -1.68. The van der Waals surface area contributed by atoms with Crippen molar-refractivity contribution in [1.82, 2.24) is 9.80 Å². The topological polar surface area (TPSA) is 40.6 Å². The van der Waals surface area contributed by atoms with E-state index in [1.165, 1.54) is 16.0 Å². The Kier molecular flexibility index (Phi) is 2.67. The van der Waals surface area contributed by atoms with Gasteiger partial charge in [0.2, 0.25) is 11.8 Å². The third kappa shape index (κ3) is 1.73. The Balaban J connectivity index is 1.81. The first-order chi connectivity index (χ1) is 8.66. The monoisotopic (exact) mass is 244 g/mol. The lowest BCUT2D eigenvalue weighted by atomic mass is 9.98. The van der Waals surface area contributed by atoms with Crippen LogP contribution < -0.4 is 0 Å². The van der Waals surface area contributed by atoms with Gasteiger partial charge in [0.15, 0.2) is 0 Å². The summed E-state index contributed by atoms with van der Waals surface area (Å²) in [7, 11) is 1.57. The Labute approximate surface area is 106 Å². The summed E-state index contributed by atoms with van der Waals surface area (Å²) in [5.41, 5.74) is 2.64. The number of hydrogen-bond donors (Lipinski definition) is 0. The molecule has 2 aliphatic rings. The highest BCUT2D eigenvalue weighted by Crippen LogP contribution is 2.25. The van der Waals surface area contributed by atoms with Gasteiger partial charge in [0.05, 0.1) is 12.5 Å². The Bertz CT molecular complexity index is 512. The molecule has 18 heavy (non-hydrogen) atoms. The lowest BCUT2D eigenvalue weighted by Gasteiger charge is -2.32. The number of imide groups is 1. The second kappa shape index (κ2) is 4.21. The number of fused-ring (bicyclic) bond motifs is 1. The summed E-state index contributed by atoms with van der Waals surface area (Å²) >= 11 is 0. The summed E-state index contributed by atoms with van der Waals surface area (Å²) in [6.07, 6.45) is 1.29. The van der Waals surface area contributed by atoms with Crippen molar-refractivity contribution < 1.29 is 9.59 Å². The van der Waals surface area contributed by atoms with Gasteiger partial charge in [0, 0.05) is 20.1 Å². The average molecular weight is 244 g/mol. The minimum atomic E-state index is -0.254. The van der Waals surface area contributed by atoms with Crippen molar-refractivity contribution in [1.29, 1.82) is 0 Å². The molecule has 1 saturated heterocycles. The smallest absolute Gasteiger partial charge is 0.246 e. The van der Waals surface area contributed by atoms with Gasteiger partial charge >= 0.3 is 0 Å². The number of rotatable bonds is 1. The van der Waals surface area contributed by atoms with Crippen LogP contribution in [0.4, 0.5) is 0 Å². The molecule has 94 valence electrons. The molecule has 1 unspecified atom stereocenters. The molecule has 0 saturated carbocycles. The molecule has 2 amide bonds. The number of nitrogens with zero attached hydrogens (tertiary/aromatic N) is 2. The van der Waals surface area contributed by atoms with E-state index < -0.39 is 0 Å². The van der Waals surface area contributed by atoms with Gasteiger partial charge < -0.3 is 0 Å². The largest absolute Gasteiger partial charge is 0.287 e. The minimum Gasteiger partial charge on any atom is -0.287 e. The normalized spacial score (nSPS) is 24.5. The van der Waals surface area contributed by atoms with E-state index in [-0.39, 0.29) is 17.9 Å². The molecule has 0 bridgehead atoms. The van der Waals surface area contributed by atoms with E-state index in [2.05, 4.69) is 17.0 Å². The zero-order valence-corrected chi connectivity index (χ0v) is 10.4. The molecule has 1 fully saturated rings. The molecule has 2 heterocycles. The maximum Gasteiger partial charge on any atom is 0.246 e. The zero-order chi connectivity index (χ0) is 12.7. The predicted octanol–water partition coefficient (Wildman–Crippen LogP) is 0.802. The fourth-order valence-corrected chi connectivity index (χ4v) is 2.80. The molecule has 0 spiro atoms. The van der Waals surface area contributed by atoms with E-state index in [4.69, 9.17) is 0 Å². The zero-order valence-electron chi connectivity index (χ0n) is 10.4. The summed E-state index contributed by atoms with van der Waals surface area (Å²) in [6.45, 7) is 1.63. The van der Waals surface area contributed by atoms with Gasteiger partial charge in [-0.2, -0.15) is 0 Å². The van der Waals surface area contributed by atoms with E-state index >= 15 is 0 Å². The molecule has 4 heteroatoms. The number of likely N-dealkylation sites (tertiary alicyclic amines) is 1. The summed E-state index contributed by atoms with van der Waals surface area (Å²) in [5, 5.41) is 0. The SMILES string of the molecule is CN1C(=O)CC(N2CCc3ccccc3C2)C1=O. The van der Waals surface area contributed by atoms with Gasteiger partial charge in [-0.3, -0.25) is 19.4 Å². The Morgan fingerprint density at radius 1 is 1.17 bits per heavy atom. The predicted molar refractivity (Wildman–Crippen MR) is 66.7 cm³/mol. The molecule has 0 aliphatic carbocycles. The Morgan fingerprint density at radius 2 is 1.89 bits per heavy atom. The van der Waals surface area contributed by atoms with Crippen LogP contribution in [0.2, 0.25) is 0 Å². The van der Waals surface area contributed by atoms with Crippen LogP contribution in [-0.2, 0) is 22.6 Å². The number of likely N-dealkylation sites (N-methyl/N-ethyl adjacent to an activating group) is 1. The number of benzene rings is 1. The molecule has 1 aromatic rings. The molecule has 1 aromatic carbocycles. The number of hydrogen-bond acceptors (Lipinski definition) is 3. The van der Waals surface area contributed by atoms with Crippen molar-refractivity contribution in [2.45, 2.75) is 25.4 Å². The molecule has 0 aromatic heterocycles. The molecule has 2 aliphatic heterocycles. The molecule has 3 rings (SSSR count). The van der Waals surface area contributed by atoms with Crippen molar-refractivity contribution in [3.8, 4) is 0 Å². The molecule has 0 radical (unpaired) electrons. The fraction of sp³-hybridized carbons (Fsp3) is 0.429. The Morgan fingerprint density at radius 3 is 2.56 bits per heavy atom. The van der Waals surface area contributed by atoms with Crippen molar-refractivity contribution in [3.05, 3.63) is 35.4 Å². The van der Waals surface area contributed by atoms with Crippen LogP contribution >= 0.6 is 0 Å². The second-order valence-electron chi connectivity index (χ2n) is 5.00. The van der Waals surface area contributed by atoms with Crippen LogP contribution in [0.1, 0.15) is 17.5 Å². The number of carbonyl (C=O) groups excluding carboxylic acids is 2. The summed E-state index contributed by atoms with van der Waals surface area (Å²) in [4.78, 5) is 26.9. The quantitative estimate of drug-likeness (QED) is 0.686. The van der Waals surface area contributed by atoms with Gasteiger partial charge in [-0.1, -0.05) is 24.3 Å². The van der Waals surface area contributed by atoms with Crippen molar-refractivity contribution >= 4 is 11.8 Å². The van der Waals surface area contributed by atoms with Crippen molar-refractivity contribution in [2.75, 3.05) is 13.6 Å². The average Bonchev–Trinajstić information content (AvgIpc) is 2.66. The highest BCUT2D eigenvalue weighted by molar-refractivity contribution is 6.05. The first-order valence-corrected chi connectivity index (χ1v) is 6.28. The van der Waals surface area contributed by atoms with Gasteiger partial charge in [0.1, 0.15) is 0 Å². The van der Waals surface area contributed by atoms with Crippen LogP contribution in [0, 0.1) is 0 Å². The van der Waals surface area contributed by atoms with E-state index in [1.807, 2.05) is 12.1 Å². The van der Waals surface area contributed by atoms with Crippen LogP contribution in [0.25, 0.3) is 0 Å². The standard InChI is InChI=1S/C14H16N2O2/c1-15-13(17)8-12(14(15)18)16-7-6-10-4-2-3-5-11(10)9-16/h2-5,12H,6-9H2,1H3. The van der Waals surface area contributed by atoms with Crippen molar-refractivity contribution in [2.24, 2.45) is 0 Å². The maximum absolute atomic E-state index is 12.0. The molecule has 0 N–H and O–H groups in total. The number of carbonyl (C=O) groups is 2. The highest BCUT2D eigenvalue weighted by Gasteiger charge is 2.40. The van der Waals surface area contributed by atoms with Gasteiger partial charge in [-0.15, -0.1) is 0 Å². The lowest BCUT2D eigenvalue weighted by Crippen LogP contribution is -2.43. The summed E-state index contributed by atoms with van der Waals surface area (Å²) in [6, 6.07) is 8.06. The molecular formula is C14H16N2O2. The first kappa shape index (κ1) is 11.4. The van der Waals surface area contributed by atoms with Crippen LogP contribution in [-0.4, -0.2) is 41.2 Å². The third-order valence-electron chi connectivity index (χ3n) is 3.96. The second-order valence-corrected chi connectivity index (χ2v) is 5.00. The minimum absolute atomic E-state index is 0.0561. The summed E-state index contributed by atoms with van der Waals surface area (Å²) < 4.78 is 0. The molecule has 4 nitrogen and oxygen atoms in total. The van der Waals surface area contributed by atoms with Crippen LogP contribution in [0.3, 0.4) is 0 Å². The van der Waals surface area contributed by atoms with Gasteiger partial charge in [0.25, 0.3) is 0 Å². The van der Waals surface area contributed by atoms with E-state index in [9.17, 15) is 9.59 Å². The first-order valence-electron chi connectivity index (χ1n) is 6.28. The lowest BCUT2D eigenvalue weighted by molar-refractivity contribution is -0.138. The number of amides is 2. The molecule has 1 atom stereocenters. The summed E-state index contributed by atoms with van der Waals surface area (Å²) in [5.74, 6) is -0.122. The van der Waals surface area contributed by atoms with E-state index in [0.717, 1.165) is 19.5 Å². The van der Waals surface area contributed by atoms with Crippen molar-refractivity contribution in [3.63, 3.8) is 0 Å². The highest BCUT2D eigenvalue weighted by atomic mass is 16.2. The maximum atomic E-state index is 12.0. The van der Waals surface area contributed by atoms with Crippen LogP contribution in [0.5, 0.6) is 0 Å². The van der Waals surface area contributed by atoms with Gasteiger partial charge in [-0.25, -0.2) is 0 Å². The third-order valence-corrected chi connectivity index (χ3v) is 3.96. The fourth-order valence-electron chi connectivity index (χ4n) is 2.80. The van der Waals surface area contributed by atoms with E-state index in [0.29, 0.717) is 6.42 Å².